The lowest BCUT2D eigenvalue weighted by molar-refractivity contribution is -0.125. The predicted molar refractivity (Wildman–Crippen MR) is 47.3 cm³/mol. The minimum absolute atomic E-state index is 0.0949. The number of hydrogen-bond donors (Lipinski definition) is 2. The third-order valence-corrected chi connectivity index (χ3v) is 1.85. The van der Waals surface area contributed by atoms with Crippen LogP contribution in [0.3, 0.4) is 0 Å². The Labute approximate surface area is 89.1 Å². The van der Waals surface area contributed by atoms with Crippen molar-refractivity contribution in [2.75, 3.05) is 6.54 Å². The SMILES string of the molecule is OCc1ccc(CNCC(F)(F)C(F)F)o1. The summed E-state index contributed by atoms with van der Waals surface area (Å²) in [5, 5.41) is 10.8. The molecule has 0 saturated heterocycles. The van der Waals surface area contributed by atoms with Crippen molar-refractivity contribution in [1.29, 1.82) is 0 Å². The van der Waals surface area contributed by atoms with Gasteiger partial charge in [-0.25, -0.2) is 8.78 Å². The smallest absolute Gasteiger partial charge is 0.319 e. The van der Waals surface area contributed by atoms with Crippen LogP contribution in [0.5, 0.6) is 0 Å². The first kappa shape index (κ1) is 13.0. The van der Waals surface area contributed by atoms with Gasteiger partial charge in [-0.3, -0.25) is 0 Å². The number of hydrogen-bond acceptors (Lipinski definition) is 3. The Hall–Kier alpha value is -1.08. The minimum atomic E-state index is -4.05. The molecule has 0 amide bonds. The summed E-state index contributed by atoms with van der Waals surface area (Å²) in [6.07, 6.45) is -3.69. The average Bonchev–Trinajstić information content (AvgIpc) is 2.65. The number of aliphatic hydroxyl groups is 1. The topological polar surface area (TPSA) is 45.4 Å². The molecule has 92 valence electrons. The fourth-order valence-corrected chi connectivity index (χ4v) is 1.03. The van der Waals surface area contributed by atoms with Crippen LogP contribution in [0.4, 0.5) is 17.6 Å². The van der Waals surface area contributed by atoms with E-state index in [4.69, 9.17) is 9.52 Å². The van der Waals surface area contributed by atoms with Crippen LogP contribution in [0, 0.1) is 0 Å². The standard InChI is InChI=1S/C9H11F4NO2/c10-8(11)9(12,13)5-14-3-6-1-2-7(4-15)16-6/h1-2,8,14-15H,3-5H2. The molecule has 0 saturated carbocycles. The zero-order chi connectivity index (χ0) is 12.2. The highest BCUT2D eigenvalue weighted by molar-refractivity contribution is 5.06. The molecule has 16 heavy (non-hydrogen) atoms. The maximum absolute atomic E-state index is 12.4. The van der Waals surface area contributed by atoms with Gasteiger partial charge in [0, 0.05) is 0 Å². The normalized spacial score (nSPS) is 12.4. The summed E-state index contributed by atoms with van der Waals surface area (Å²) in [5.41, 5.74) is 0. The van der Waals surface area contributed by atoms with Gasteiger partial charge in [0.05, 0.1) is 13.1 Å². The largest absolute Gasteiger partial charge is 0.462 e. The maximum Gasteiger partial charge on any atom is 0.319 e. The van der Waals surface area contributed by atoms with Gasteiger partial charge in [-0.05, 0) is 12.1 Å². The van der Waals surface area contributed by atoms with Crippen LogP contribution in [0.25, 0.3) is 0 Å². The Bertz CT molecular complexity index is 327. The molecule has 0 unspecified atom stereocenters. The van der Waals surface area contributed by atoms with Crippen molar-refractivity contribution in [3.8, 4) is 0 Å². The summed E-state index contributed by atoms with van der Waals surface area (Å²) in [7, 11) is 0. The average molecular weight is 241 g/mol. The van der Waals surface area contributed by atoms with Crippen LogP contribution >= 0.6 is 0 Å². The zero-order valence-corrected chi connectivity index (χ0v) is 8.22. The Morgan fingerprint density at radius 2 is 1.94 bits per heavy atom. The van der Waals surface area contributed by atoms with E-state index in [2.05, 4.69) is 5.32 Å². The Morgan fingerprint density at radius 1 is 1.31 bits per heavy atom. The van der Waals surface area contributed by atoms with E-state index in [9.17, 15) is 17.6 Å². The predicted octanol–water partition coefficient (Wildman–Crippen LogP) is 1.76. The van der Waals surface area contributed by atoms with Gasteiger partial charge in [0.15, 0.2) is 0 Å². The van der Waals surface area contributed by atoms with Crippen LogP contribution in [-0.4, -0.2) is 24.0 Å². The molecule has 0 aromatic carbocycles. The number of halogens is 4. The van der Waals surface area contributed by atoms with Gasteiger partial charge in [-0.2, -0.15) is 8.78 Å². The van der Waals surface area contributed by atoms with E-state index in [1.807, 2.05) is 0 Å². The third kappa shape index (κ3) is 3.49. The lowest BCUT2D eigenvalue weighted by atomic mass is 10.3. The first-order chi connectivity index (χ1) is 7.45. The quantitative estimate of drug-likeness (QED) is 0.746. The van der Waals surface area contributed by atoms with Gasteiger partial charge in [0.1, 0.15) is 18.1 Å². The zero-order valence-electron chi connectivity index (χ0n) is 8.22. The minimum Gasteiger partial charge on any atom is -0.462 e. The molecule has 1 heterocycles. The summed E-state index contributed by atoms with van der Waals surface area (Å²) in [5.74, 6) is -3.46. The van der Waals surface area contributed by atoms with Crippen molar-refractivity contribution >= 4 is 0 Å². The fraction of sp³-hybridized carbons (Fsp3) is 0.556. The van der Waals surface area contributed by atoms with Crippen LogP contribution in [0.15, 0.2) is 16.5 Å². The lowest BCUT2D eigenvalue weighted by Crippen LogP contribution is -2.38. The lowest BCUT2D eigenvalue weighted by Gasteiger charge is -2.15. The van der Waals surface area contributed by atoms with Crippen molar-refractivity contribution in [1.82, 2.24) is 5.32 Å². The van der Waals surface area contributed by atoms with Crippen molar-refractivity contribution in [2.24, 2.45) is 0 Å². The van der Waals surface area contributed by atoms with Crippen LogP contribution in [-0.2, 0) is 13.2 Å². The second kappa shape index (κ2) is 5.31. The van der Waals surface area contributed by atoms with E-state index in [0.29, 0.717) is 5.76 Å². The number of alkyl halides is 4. The Morgan fingerprint density at radius 3 is 2.44 bits per heavy atom. The molecule has 0 spiro atoms. The molecule has 1 rings (SSSR count). The number of nitrogens with one attached hydrogen (secondary N) is 1. The maximum atomic E-state index is 12.4. The van der Waals surface area contributed by atoms with E-state index in [1.165, 1.54) is 12.1 Å². The first-order valence-corrected chi connectivity index (χ1v) is 4.51. The molecular weight excluding hydrogens is 230 g/mol. The molecule has 2 N–H and O–H groups in total. The number of furan rings is 1. The van der Waals surface area contributed by atoms with E-state index in [1.54, 1.807) is 0 Å². The van der Waals surface area contributed by atoms with Crippen LogP contribution in [0.1, 0.15) is 11.5 Å². The molecule has 1 aromatic rings. The fourth-order valence-electron chi connectivity index (χ4n) is 1.03. The molecule has 0 aliphatic rings. The number of rotatable bonds is 6. The highest BCUT2D eigenvalue weighted by Crippen LogP contribution is 2.21. The molecule has 3 nitrogen and oxygen atoms in total. The molecule has 0 aliphatic carbocycles. The second-order valence-corrected chi connectivity index (χ2v) is 3.19. The summed E-state index contributed by atoms with van der Waals surface area (Å²) < 4.78 is 53.3. The van der Waals surface area contributed by atoms with Gasteiger partial charge in [0.25, 0.3) is 0 Å². The second-order valence-electron chi connectivity index (χ2n) is 3.19. The summed E-state index contributed by atoms with van der Waals surface area (Å²) in [6, 6.07) is 2.95. The molecule has 1 aromatic heterocycles. The van der Waals surface area contributed by atoms with E-state index in [0.717, 1.165) is 0 Å². The van der Waals surface area contributed by atoms with Gasteiger partial charge in [-0.1, -0.05) is 0 Å². The molecule has 7 heteroatoms. The molecular formula is C9H11F4NO2. The van der Waals surface area contributed by atoms with E-state index >= 15 is 0 Å². The first-order valence-electron chi connectivity index (χ1n) is 4.51. The molecule has 0 bridgehead atoms. The highest BCUT2D eigenvalue weighted by Gasteiger charge is 2.39. The van der Waals surface area contributed by atoms with Gasteiger partial charge < -0.3 is 14.8 Å². The van der Waals surface area contributed by atoms with Crippen molar-refractivity contribution in [2.45, 2.75) is 25.5 Å². The van der Waals surface area contributed by atoms with Gasteiger partial charge >= 0.3 is 12.3 Å². The van der Waals surface area contributed by atoms with Crippen molar-refractivity contribution in [3.05, 3.63) is 23.7 Å². The van der Waals surface area contributed by atoms with Crippen LogP contribution in [0.2, 0.25) is 0 Å². The Kier molecular flexibility index (Phi) is 4.31. The van der Waals surface area contributed by atoms with Crippen LogP contribution < -0.4 is 5.32 Å². The summed E-state index contributed by atoms with van der Waals surface area (Å²) >= 11 is 0. The highest BCUT2D eigenvalue weighted by atomic mass is 19.3. The molecule has 0 fully saturated rings. The van der Waals surface area contributed by atoms with Crippen molar-refractivity contribution in [3.63, 3.8) is 0 Å². The monoisotopic (exact) mass is 241 g/mol. The molecule has 0 radical (unpaired) electrons. The van der Waals surface area contributed by atoms with Crippen molar-refractivity contribution < 1.29 is 27.1 Å². The Balaban J connectivity index is 2.35. The molecule has 0 aliphatic heterocycles. The van der Waals surface area contributed by atoms with E-state index in [-0.39, 0.29) is 18.9 Å². The number of aliphatic hydroxyl groups excluding tert-OH is 1. The van der Waals surface area contributed by atoms with Gasteiger partial charge in [-0.15, -0.1) is 0 Å². The summed E-state index contributed by atoms with van der Waals surface area (Å²) in [6.45, 7) is -1.52. The van der Waals surface area contributed by atoms with Gasteiger partial charge in [0.2, 0.25) is 0 Å². The third-order valence-electron chi connectivity index (χ3n) is 1.85. The molecule has 0 atom stereocenters. The summed E-state index contributed by atoms with van der Waals surface area (Å²) in [4.78, 5) is 0. The van der Waals surface area contributed by atoms with E-state index < -0.39 is 18.9 Å².